The van der Waals surface area contributed by atoms with E-state index in [0.717, 1.165) is 5.56 Å². The summed E-state index contributed by atoms with van der Waals surface area (Å²) in [6.07, 6.45) is -0.643. The quantitative estimate of drug-likeness (QED) is 0.817. The molecule has 124 valence electrons. The Bertz CT molecular complexity index is 607. The second-order valence-corrected chi connectivity index (χ2v) is 6.15. The van der Waals surface area contributed by atoms with Crippen LogP contribution in [-0.2, 0) is 4.74 Å². The Morgan fingerprint density at radius 2 is 2.00 bits per heavy atom. The van der Waals surface area contributed by atoms with Gasteiger partial charge in [0.1, 0.15) is 5.60 Å². The van der Waals surface area contributed by atoms with Crippen molar-refractivity contribution in [3.8, 4) is 11.8 Å². The van der Waals surface area contributed by atoms with Gasteiger partial charge in [-0.1, -0.05) is 11.8 Å². The second kappa shape index (κ2) is 7.14. The van der Waals surface area contributed by atoms with Crippen molar-refractivity contribution in [3.63, 3.8) is 0 Å². The highest BCUT2D eigenvalue weighted by molar-refractivity contribution is 5.94. The minimum atomic E-state index is -1.05. The van der Waals surface area contributed by atoms with Crippen LogP contribution in [0.3, 0.4) is 0 Å². The predicted molar refractivity (Wildman–Crippen MR) is 86.9 cm³/mol. The molecule has 5 nitrogen and oxygen atoms in total. The third-order valence-corrected chi connectivity index (χ3v) is 3.67. The van der Waals surface area contributed by atoms with E-state index in [-0.39, 0.29) is 18.6 Å². The number of hydrogen-bond acceptors (Lipinski definition) is 4. The van der Waals surface area contributed by atoms with Crippen LogP contribution in [0.1, 0.15) is 36.7 Å². The van der Waals surface area contributed by atoms with Gasteiger partial charge in [0, 0.05) is 17.7 Å². The molecule has 0 unspecified atom stereocenters. The molecule has 1 fully saturated rings. The summed E-state index contributed by atoms with van der Waals surface area (Å²) in [6, 6.07) is 6.62. The maximum atomic E-state index is 12.6. The summed E-state index contributed by atoms with van der Waals surface area (Å²) in [4.78, 5) is 14.3. The van der Waals surface area contributed by atoms with Gasteiger partial charge >= 0.3 is 0 Å². The van der Waals surface area contributed by atoms with E-state index in [4.69, 9.17) is 4.74 Å². The summed E-state index contributed by atoms with van der Waals surface area (Å²) >= 11 is 0. The highest BCUT2D eigenvalue weighted by Gasteiger charge is 2.33. The summed E-state index contributed by atoms with van der Waals surface area (Å²) in [5, 5.41) is 19.5. The Morgan fingerprint density at radius 3 is 2.48 bits per heavy atom. The third-order valence-electron chi connectivity index (χ3n) is 3.67. The van der Waals surface area contributed by atoms with E-state index >= 15 is 0 Å². The Labute approximate surface area is 136 Å². The molecule has 1 aliphatic rings. The highest BCUT2D eigenvalue weighted by Crippen LogP contribution is 2.17. The summed E-state index contributed by atoms with van der Waals surface area (Å²) in [7, 11) is 0. The molecule has 0 radical (unpaired) electrons. The zero-order chi connectivity index (χ0) is 17.0. The van der Waals surface area contributed by atoms with Crippen molar-refractivity contribution in [2.75, 3.05) is 19.8 Å². The van der Waals surface area contributed by atoms with Crippen molar-refractivity contribution in [3.05, 3.63) is 35.4 Å². The molecule has 1 amide bonds. The standard InChI is InChI=1S/C18H23NO4/c1-4-19(15-11-23-12-16(15)20)17(21)14-7-5-13(6-8-14)9-10-18(2,3)22/h5-8,15-16,20,22H,4,11-12H2,1-3H3/t15-,16-/m1/s1. The van der Waals surface area contributed by atoms with Crippen LogP contribution in [0.15, 0.2) is 24.3 Å². The predicted octanol–water partition coefficient (Wildman–Crippen LogP) is 1.03. The molecule has 0 aliphatic carbocycles. The molecule has 23 heavy (non-hydrogen) atoms. The topological polar surface area (TPSA) is 70.0 Å². The number of aliphatic hydroxyl groups is 2. The first kappa shape index (κ1) is 17.5. The van der Waals surface area contributed by atoms with E-state index in [0.29, 0.717) is 18.7 Å². The molecule has 1 aliphatic heterocycles. The molecule has 1 saturated heterocycles. The normalized spacial score (nSPS) is 20.7. The average molecular weight is 317 g/mol. The van der Waals surface area contributed by atoms with E-state index in [2.05, 4.69) is 11.8 Å². The zero-order valence-electron chi connectivity index (χ0n) is 13.7. The first-order chi connectivity index (χ1) is 10.8. The number of amides is 1. The second-order valence-electron chi connectivity index (χ2n) is 6.15. The van der Waals surface area contributed by atoms with Crippen LogP contribution in [0, 0.1) is 11.8 Å². The molecule has 5 heteroatoms. The Kier molecular flexibility index (Phi) is 5.42. The Hall–Kier alpha value is -1.87. The fourth-order valence-electron chi connectivity index (χ4n) is 2.45. The van der Waals surface area contributed by atoms with Crippen molar-refractivity contribution < 1.29 is 19.7 Å². The SMILES string of the molecule is CCN(C(=O)c1ccc(C#CC(C)(C)O)cc1)[C@@H]1COC[C@H]1O. The van der Waals surface area contributed by atoms with Gasteiger partial charge in [0.25, 0.3) is 5.91 Å². The molecule has 2 rings (SSSR count). The minimum absolute atomic E-state index is 0.135. The molecular formula is C18H23NO4. The first-order valence-corrected chi connectivity index (χ1v) is 7.74. The number of likely N-dealkylation sites (N-methyl/N-ethyl adjacent to an activating group) is 1. The molecular weight excluding hydrogens is 294 g/mol. The van der Waals surface area contributed by atoms with Gasteiger partial charge in [0.15, 0.2) is 0 Å². The number of carbonyl (C=O) groups is 1. The number of rotatable bonds is 3. The van der Waals surface area contributed by atoms with Gasteiger partial charge < -0.3 is 19.8 Å². The number of aliphatic hydroxyl groups excluding tert-OH is 1. The number of nitrogens with zero attached hydrogens (tertiary/aromatic N) is 1. The lowest BCUT2D eigenvalue weighted by Gasteiger charge is -2.28. The monoisotopic (exact) mass is 317 g/mol. The van der Waals surface area contributed by atoms with E-state index in [1.165, 1.54) is 0 Å². The Morgan fingerprint density at radius 1 is 1.35 bits per heavy atom. The third kappa shape index (κ3) is 4.55. The molecule has 0 bridgehead atoms. The molecule has 2 atom stereocenters. The van der Waals surface area contributed by atoms with Crippen molar-refractivity contribution in [2.24, 2.45) is 0 Å². The van der Waals surface area contributed by atoms with Crippen LogP contribution < -0.4 is 0 Å². The fourth-order valence-corrected chi connectivity index (χ4v) is 2.45. The lowest BCUT2D eigenvalue weighted by Crippen LogP contribution is -2.46. The molecule has 1 aromatic carbocycles. The van der Waals surface area contributed by atoms with Crippen LogP contribution in [0.5, 0.6) is 0 Å². The largest absolute Gasteiger partial charge is 0.388 e. The van der Waals surface area contributed by atoms with Gasteiger partial charge in [0.2, 0.25) is 0 Å². The van der Waals surface area contributed by atoms with Gasteiger partial charge in [-0.15, -0.1) is 0 Å². The van der Waals surface area contributed by atoms with Crippen molar-refractivity contribution in [1.82, 2.24) is 4.90 Å². The first-order valence-electron chi connectivity index (χ1n) is 7.74. The molecule has 0 saturated carbocycles. The van der Waals surface area contributed by atoms with Gasteiger partial charge in [-0.2, -0.15) is 0 Å². The van der Waals surface area contributed by atoms with Gasteiger partial charge in [-0.05, 0) is 45.0 Å². The van der Waals surface area contributed by atoms with E-state index < -0.39 is 11.7 Å². The van der Waals surface area contributed by atoms with Crippen molar-refractivity contribution in [2.45, 2.75) is 38.5 Å². The van der Waals surface area contributed by atoms with E-state index in [9.17, 15) is 15.0 Å². The summed E-state index contributed by atoms with van der Waals surface area (Å²) < 4.78 is 5.24. The summed E-state index contributed by atoms with van der Waals surface area (Å²) in [6.45, 7) is 6.24. The van der Waals surface area contributed by atoms with Crippen molar-refractivity contribution in [1.29, 1.82) is 0 Å². The van der Waals surface area contributed by atoms with Crippen LogP contribution in [-0.4, -0.2) is 58.5 Å². The molecule has 1 aromatic rings. The van der Waals surface area contributed by atoms with Crippen LogP contribution >= 0.6 is 0 Å². The lowest BCUT2D eigenvalue weighted by atomic mass is 10.1. The molecule has 0 spiro atoms. The van der Waals surface area contributed by atoms with Gasteiger partial charge in [-0.3, -0.25) is 4.79 Å². The summed E-state index contributed by atoms with van der Waals surface area (Å²) in [5.74, 6) is 5.47. The van der Waals surface area contributed by atoms with Crippen LogP contribution in [0.2, 0.25) is 0 Å². The number of carbonyl (C=O) groups excluding carboxylic acids is 1. The van der Waals surface area contributed by atoms with Gasteiger partial charge in [-0.25, -0.2) is 0 Å². The summed E-state index contributed by atoms with van der Waals surface area (Å²) in [5.41, 5.74) is 0.224. The minimum Gasteiger partial charge on any atom is -0.388 e. The van der Waals surface area contributed by atoms with Gasteiger partial charge in [0.05, 0.1) is 25.4 Å². The highest BCUT2D eigenvalue weighted by atomic mass is 16.5. The molecule has 1 heterocycles. The number of hydrogen-bond donors (Lipinski definition) is 2. The Balaban J connectivity index is 2.14. The lowest BCUT2D eigenvalue weighted by molar-refractivity contribution is 0.0520. The molecule has 0 aromatic heterocycles. The van der Waals surface area contributed by atoms with E-state index in [1.807, 2.05) is 6.92 Å². The molecule has 2 N–H and O–H groups in total. The average Bonchev–Trinajstić information content (AvgIpc) is 2.92. The van der Waals surface area contributed by atoms with Crippen LogP contribution in [0.4, 0.5) is 0 Å². The van der Waals surface area contributed by atoms with Crippen molar-refractivity contribution >= 4 is 5.91 Å². The van der Waals surface area contributed by atoms with Crippen LogP contribution in [0.25, 0.3) is 0 Å². The number of ether oxygens (including phenoxy) is 1. The fraction of sp³-hybridized carbons (Fsp3) is 0.500. The smallest absolute Gasteiger partial charge is 0.254 e. The maximum Gasteiger partial charge on any atom is 0.254 e. The van der Waals surface area contributed by atoms with E-state index in [1.54, 1.807) is 43.0 Å². The number of benzene rings is 1. The maximum absolute atomic E-state index is 12.6. The zero-order valence-corrected chi connectivity index (χ0v) is 13.7.